The van der Waals surface area contributed by atoms with Gasteiger partial charge in [0.1, 0.15) is 5.60 Å². The van der Waals surface area contributed by atoms with Gasteiger partial charge in [0.25, 0.3) is 0 Å². The molecule has 0 radical (unpaired) electrons. The molecule has 1 N–H and O–H groups in total. The van der Waals surface area contributed by atoms with Gasteiger partial charge in [0.15, 0.2) is 0 Å². The van der Waals surface area contributed by atoms with Crippen LogP contribution in [0.4, 0.5) is 4.79 Å². The summed E-state index contributed by atoms with van der Waals surface area (Å²) in [6.07, 6.45) is 2.95. The molecule has 2 rings (SSSR count). The topological polar surface area (TPSA) is 38.3 Å². The second kappa shape index (κ2) is 3.13. The summed E-state index contributed by atoms with van der Waals surface area (Å²) in [7, 11) is 0. The first-order valence-electron chi connectivity index (χ1n) is 5.81. The fraction of sp³-hybridized carbons (Fsp3) is 0.917. The maximum absolute atomic E-state index is 11.2. The molecule has 1 amide bonds. The van der Waals surface area contributed by atoms with Crippen LogP contribution in [0.15, 0.2) is 0 Å². The zero-order chi connectivity index (χ0) is 11.3. The average Bonchev–Trinajstić information content (AvgIpc) is 2.35. The Morgan fingerprint density at radius 3 is 2.73 bits per heavy atom. The minimum Gasteiger partial charge on any atom is -0.441 e. The van der Waals surface area contributed by atoms with Gasteiger partial charge in [0.05, 0.1) is 6.04 Å². The molecule has 1 saturated carbocycles. The molecule has 0 aromatic rings. The second-order valence-electron chi connectivity index (χ2n) is 6.24. The molecule has 3 nitrogen and oxygen atoms in total. The highest BCUT2D eigenvalue weighted by atomic mass is 16.6. The van der Waals surface area contributed by atoms with E-state index in [1.165, 1.54) is 0 Å². The molecular formula is C12H21NO2. The lowest BCUT2D eigenvalue weighted by Crippen LogP contribution is -2.48. The number of hydrogen-bond donors (Lipinski definition) is 1. The van der Waals surface area contributed by atoms with Crippen LogP contribution in [0.25, 0.3) is 0 Å². The SMILES string of the molecule is CC(C)(C)C1CCC2(C)OC(=O)NC2C1. The number of hydrogen-bond acceptors (Lipinski definition) is 2. The minimum atomic E-state index is -0.251. The Morgan fingerprint density at radius 2 is 2.13 bits per heavy atom. The van der Waals surface area contributed by atoms with Gasteiger partial charge >= 0.3 is 6.09 Å². The summed E-state index contributed by atoms with van der Waals surface area (Å²) in [5.74, 6) is 0.678. The van der Waals surface area contributed by atoms with Crippen molar-refractivity contribution in [3.05, 3.63) is 0 Å². The summed E-state index contributed by atoms with van der Waals surface area (Å²) >= 11 is 0. The van der Waals surface area contributed by atoms with Crippen molar-refractivity contribution in [2.75, 3.05) is 0 Å². The average molecular weight is 211 g/mol. The Hall–Kier alpha value is -0.730. The van der Waals surface area contributed by atoms with E-state index in [1.807, 2.05) is 0 Å². The highest BCUT2D eigenvalue weighted by Crippen LogP contribution is 2.44. The molecule has 2 aliphatic rings. The van der Waals surface area contributed by atoms with Gasteiger partial charge in [-0.25, -0.2) is 4.79 Å². The summed E-state index contributed by atoms with van der Waals surface area (Å²) in [4.78, 5) is 11.2. The van der Waals surface area contributed by atoms with Crippen LogP contribution < -0.4 is 5.32 Å². The lowest BCUT2D eigenvalue weighted by Gasteiger charge is -2.42. The molecule has 1 aliphatic carbocycles. The van der Waals surface area contributed by atoms with E-state index < -0.39 is 0 Å². The molecule has 0 aromatic heterocycles. The van der Waals surface area contributed by atoms with E-state index in [0.717, 1.165) is 19.3 Å². The molecule has 86 valence electrons. The molecule has 3 heteroatoms. The van der Waals surface area contributed by atoms with E-state index in [2.05, 4.69) is 33.0 Å². The first-order chi connectivity index (χ1) is 6.81. The van der Waals surface area contributed by atoms with Crippen LogP contribution >= 0.6 is 0 Å². The zero-order valence-electron chi connectivity index (χ0n) is 10.1. The van der Waals surface area contributed by atoms with Gasteiger partial charge in [0.2, 0.25) is 0 Å². The maximum atomic E-state index is 11.2. The molecule has 1 heterocycles. The van der Waals surface area contributed by atoms with Crippen LogP contribution in [0.5, 0.6) is 0 Å². The number of carbonyl (C=O) groups excluding carboxylic acids is 1. The number of ether oxygens (including phenoxy) is 1. The number of alkyl carbamates (subject to hydrolysis) is 1. The van der Waals surface area contributed by atoms with Crippen molar-refractivity contribution in [1.82, 2.24) is 5.32 Å². The van der Waals surface area contributed by atoms with E-state index in [-0.39, 0.29) is 17.7 Å². The highest BCUT2D eigenvalue weighted by molar-refractivity contribution is 5.71. The van der Waals surface area contributed by atoms with E-state index in [1.54, 1.807) is 0 Å². The van der Waals surface area contributed by atoms with Crippen molar-refractivity contribution in [3.63, 3.8) is 0 Å². The summed E-state index contributed by atoms with van der Waals surface area (Å²) in [5.41, 5.74) is 0.0769. The third kappa shape index (κ3) is 1.84. The molecule has 1 aliphatic heterocycles. The molecule has 2 fully saturated rings. The van der Waals surface area contributed by atoms with E-state index in [4.69, 9.17) is 4.74 Å². The van der Waals surface area contributed by atoms with Gasteiger partial charge in [-0.3, -0.25) is 0 Å². The Morgan fingerprint density at radius 1 is 1.47 bits per heavy atom. The fourth-order valence-electron chi connectivity index (χ4n) is 2.79. The van der Waals surface area contributed by atoms with Crippen molar-refractivity contribution in [1.29, 1.82) is 0 Å². The standard InChI is InChI=1S/C12H21NO2/c1-11(2,3)8-5-6-12(4)9(7-8)13-10(14)15-12/h8-9H,5-7H2,1-4H3,(H,13,14). The number of fused-ring (bicyclic) bond motifs is 1. The van der Waals surface area contributed by atoms with Crippen molar-refractivity contribution in [2.45, 2.75) is 58.6 Å². The number of amides is 1. The molecule has 3 atom stereocenters. The van der Waals surface area contributed by atoms with Gasteiger partial charge < -0.3 is 10.1 Å². The first-order valence-corrected chi connectivity index (χ1v) is 5.81. The Bertz CT molecular complexity index is 282. The predicted molar refractivity (Wildman–Crippen MR) is 58.6 cm³/mol. The van der Waals surface area contributed by atoms with Crippen LogP contribution in [-0.4, -0.2) is 17.7 Å². The van der Waals surface area contributed by atoms with Gasteiger partial charge in [-0.2, -0.15) is 0 Å². The lowest BCUT2D eigenvalue weighted by atomic mass is 9.67. The van der Waals surface area contributed by atoms with Crippen molar-refractivity contribution >= 4 is 6.09 Å². The second-order valence-corrected chi connectivity index (χ2v) is 6.24. The smallest absolute Gasteiger partial charge is 0.408 e. The van der Waals surface area contributed by atoms with Crippen molar-refractivity contribution in [2.24, 2.45) is 11.3 Å². The lowest BCUT2D eigenvalue weighted by molar-refractivity contribution is -0.00210. The van der Waals surface area contributed by atoms with Crippen LogP contribution in [0.3, 0.4) is 0 Å². The number of rotatable bonds is 0. The van der Waals surface area contributed by atoms with Crippen LogP contribution in [0.1, 0.15) is 47.0 Å². The van der Waals surface area contributed by atoms with Crippen LogP contribution in [0, 0.1) is 11.3 Å². The summed E-state index contributed by atoms with van der Waals surface area (Å²) in [6.45, 7) is 8.88. The normalized spacial score (nSPS) is 40.7. The molecule has 3 unspecified atom stereocenters. The van der Waals surface area contributed by atoms with Gasteiger partial charge in [-0.15, -0.1) is 0 Å². The molecular weight excluding hydrogens is 190 g/mol. The summed E-state index contributed by atoms with van der Waals surface area (Å²) < 4.78 is 5.36. The number of carbonyl (C=O) groups is 1. The predicted octanol–water partition coefficient (Wildman–Crippen LogP) is 2.70. The summed E-state index contributed by atoms with van der Waals surface area (Å²) in [5, 5.41) is 2.94. The maximum Gasteiger partial charge on any atom is 0.408 e. The Kier molecular flexibility index (Phi) is 2.25. The highest BCUT2D eigenvalue weighted by Gasteiger charge is 2.50. The quantitative estimate of drug-likeness (QED) is 0.669. The van der Waals surface area contributed by atoms with E-state index >= 15 is 0 Å². The molecule has 1 saturated heterocycles. The van der Waals surface area contributed by atoms with Gasteiger partial charge in [-0.1, -0.05) is 20.8 Å². The number of nitrogens with one attached hydrogen (secondary N) is 1. The fourth-order valence-corrected chi connectivity index (χ4v) is 2.79. The molecule has 15 heavy (non-hydrogen) atoms. The first kappa shape index (κ1) is 10.8. The minimum absolute atomic E-state index is 0.211. The molecule has 0 aromatic carbocycles. The zero-order valence-corrected chi connectivity index (χ0v) is 10.1. The van der Waals surface area contributed by atoms with Crippen LogP contribution in [-0.2, 0) is 4.74 Å². The summed E-state index contributed by atoms with van der Waals surface area (Å²) in [6, 6.07) is 0.211. The van der Waals surface area contributed by atoms with E-state index in [9.17, 15) is 4.79 Å². The molecule has 0 spiro atoms. The van der Waals surface area contributed by atoms with Crippen molar-refractivity contribution in [3.8, 4) is 0 Å². The Balaban J connectivity index is 2.10. The van der Waals surface area contributed by atoms with Crippen LogP contribution in [0.2, 0.25) is 0 Å². The van der Waals surface area contributed by atoms with Gasteiger partial charge in [0, 0.05) is 0 Å². The third-order valence-electron chi connectivity index (χ3n) is 4.09. The Labute approximate surface area is 91.6 Å². The van der Waals surface area contributed by atoms with Gasteiger partial charge in [-0.05, 0) is 37.5 Å². The molecule has 0 bridgehead atoms. The monoisotopic (exact) mass is 211 g/mol. The van der Waals surface area contributed by atoms with Crippen molar-refractivity contribution < 1.29 is 9.53 Å². The largest absolute Gasteiger partial charge is 0.441 e. The van der Waals surface area contributed by atoms with E-state index in [0.29, 0.717) is 11.3 Å². The third-order valence-corrected chi connectivity index (χ3v) is 4.09.